The van der Waals surface area contributed by atoms with Crippen molar-refractivity contribution in [2.75, 3.05) is 32.4 Å². The van der Waals surface area contributed by atoms with Crippen molar-refractivity contribution in [1.82, 2.24) is 14.5 Å². The SMILES string of the molecule is CS(=O)(=O)N1CC2CN(C(=O)NCc3ccccc3)CC(C1)O2. The van der Waals surface area contributed by atoms with Crippen LogP contribution in [0.2, 0.25) is 0 Å². The molecule has 7 nitrogen and oxygen atoms in total. The van der Waals surface area contributed by atoms with Crippen LogP contribution in [0.25, 0.3) is 0 Å². The fourth-order valence-electron chi connectivity index (χ4n) is 2.98. The number of hydrogen-bond acceptors (Lipinski definition) is 4. The topological polar surface area (TPSA) is 79.0 Å². The maximum absolute atomic E-state index is 12.3. The predicted octanol–water partition coefficient (Wildman–Crippen LogP) is 0.241. The second kappa shape index (κ2) is 6.46. The van der Waals surface area contributed by atoms with E-state index in [0.29, 0.717) is 32.7 Å². The molecule has 2 unspecified atom stereocenters. The Hall–Kier alpha value is -1.64. The fraction of sp³-hybridized carbons (Fsp3) is 0.533. The number of urea groups is 1. The molecule has 0 aliphatic carbocycles. The van der Waals surface area contributed by atoms with E-state index in [0.717, 1.165) is 5.56 Å². The summed E-state index contributed by atoms with van der Waals surface area (Å²) in [6.07, 6.45) is 0.678. The molecule has 2 fully saturated rings. The lowest BCUT2D eigenvalue weighted by atomic mass is 10.1. The smallest absolute Gasteiger partial charge is 0.317 e. The van der Waals surface area contributed by atoms with Gasteiger partial charge in [0, 0.05) is 19.6 Å². The molecule has 2 heterocycles. The summed E-state index contributed by atoms with van der Waals surface area (Å²) in [6.45, 7) is 1.89. The predicted molar refractivity (Wildman–Crippen MR) is 85.3 cm³/mol. The van der Waals surface area contributed by atoms with Crippen molar-refractivity contribution in [3.63, 3.8) is 0 Å². The Balaban J connectivity index is 1.56. The van der Waals surface area contributed by atoms with Crippen LogP contribution in [-0.2, 0) is 21.3 Å². The molecule has 3 rings (SSSR count). The Labute approximate surface area is 136 Å². The number of carbonyl (C=O) groups excluding carboxylic acids is 1. The average molecular weight is 339 g/mol. The van der Waals surface area contributed by atoms with Gasteiger partial charge in [0.15, 0.2) is 0 Å². The van der Waals surface area contributed by atoms with Gasteiger partial charge in [0.1, 0.15) is 0 Å². The number of fused-ring (bicyclic) bond motifs is 2. The monoisotopic (exact) mass is 339 g/mol. The highest BCUT2D eigenvalue weighted by molar-refractivity contribution is 7.88. The number of nitrogens with one attached hydrogen (secondary N) is 1. The van der Waals surface area contributed by atoms with Gasteiger partial charge in [-0.05, 0) is 5.56 Å². The van der Waals surface area contributed by atoms with Crippen LogP contribution in [0.3, 0.4) is 0 Å². The lowest BCUT2D eigenvalue weighted by Crippen LogP contribution is -2.62. The van der Waals surface area contributed by atoms with Crippen LogP contribution in [0, 0.1) is 0 Å². The van der Waals surface area contributed by atoms with E-state index in [-0.39, 0.29) is 18.2 Å². The number of sulfonamides is 1. The highest BCUT2D eigenvalue weighted by Gasteiger charge is 2.39. The number of morpholine rings is 2. The lowest BCUT2D eigenvalue weighted by Gasteiger charge is -2.44. The van der Waals surface area contributed by atoms with E-state index in [1.165, 1.54) is 10.6 Å². The van der Waals surface area contributed by atoms with Crippen molar-refractivity contribution < 1.29 is 17.9 Å². The molecule has 0 radical (unpaired) electrons. The number of amides is 2. The van der Waals surface area contributed by atoms with Crippen LogP contribution in [0.4, 0.5) is 4.79 Å². The zero-order chi connectivity index (χ0) is 16.4. The molecule has 2 bridgehead atoms. The first-order valence-electron chi connectivity index (χ1n) is 7.59. The Bertz CT molecular complexity index is 651. The van der Waals surface area contributed by atoms with Crippen molar-refractivity contribution in [3.05, 3.63) is 35.9 Å². The van der Waals surface area contributed by atoms with Gasteiger partial charge in [0.25, 0.3) is 0 Å². The van der Waals surface area contributed by atoms with Gasteiger partial charge in [-0.25, -0.2) is 13.2 Å². The summed E-state index contributed by atoms with van der Waals surface area (Å²) in [4.78, 5) is 14.0. The Morgan fingerprint density at radius 3 is 2.35 bits per heavy atom. The van der Waals surface area contributed by atoms with Crippen molar-refractivity contribution in [1.29, 1.82) is 0 Å². The van der Waals surface area contributed by atoms with Crippen molar-refractivity contribution in [2.24, 2.45) is 0 Å². The molecule has 126 valence electrons. The molecule has 1 N–H and O–H groups in total. The molecule has 2 aliphatic heterocycles. The third-order valence-electron chi connectivity index (χ3n) is 4.09. The quantitative estimate of drug-likeness (QED) is 0.856. The highest BCUT2D eigenvalue weighted by atomic mass is 32.2. The summed E-state index contributed by atoms with van der Waals surface area (Å²) in [5, 5.41) is 2.90. The van der Waals surface area contributed by atoms with E-state index in [2.05, 4.69) is 5.32 Å². The molecular weight excluding hydrogens is 318 g/mol. The van der Waals surface area contributed by atoms with Gasteiger partial charge in [-0.2, -0.15) is 4.31 Å². The van der Waals surface area contributed by atoms with Gasteiger partial charge in [0.05, 0.1) is 31.6 Å². The minimum Gasteiger partial charge on any atom is -0.369 e. The molecular formula is C15H21N3O4S. The molecule has 0 saturated carbocycles. The van der Waals surface area contributed by atoms with Crippen molar-refractivity contribution in [2.45, 2.75) is 18.8 Å². The summed E-state index contributed by atoms with van der Waals surface area (Å²) in [6, 6.07) is 9.57. The number of ether oxygens (including phenoxy) is 1. The van der Waals surface area contributed by atoms with Crippen LogP contribution in [0.1, 0.15) is 5.56 Å². The normalized spacial score (nSPS) is 25.2. The molecule has 2 saturated heterocycles. The Morgan fingerprint density at radius 1 is 1.17 bits per heavy atom. The van der Waals surface area contributed by atoms with Gasteiger partial charge < -0.3 is 15.0 Å². The summed E-state index contributed by atoms with van der Waals surface area (Å²) >= 11 is 0. The number of carbonyl (C=O) groups is 1. The first-order chi connectivity index (χ1) is 10.9. The summed E-state index contributed by atoms with van der Waals surface area (Å²) in [5.74, 6) is 0. The highest BCUT2D eigenvalue weighted by Crippen LogP contribution is 2.20. The molecule has 0 spiro atoms. The molecule has 2 atom stereocenters. The lowest BCUT2D eigenvalue weighted by molar-refractivity contribution is -0.111. The first-order valence-corrected chi connectivity index (χ1v) is 9.44. The fourth-order valence-corrected chi connectivity index (χ4v) is 3.85. The standard InChI is InChI=1S/C15H21N3O4S/c1-23(20,21)18-10-13-8-17(9-14(11-18)22-13)15(19)16-7-12-5-3-2-4-6-12/h2-6,13-14H,7-11H2,1H3,(H,16,19). The van der Waals surface area contributed by atoms with Crippen molar-refractivity contribution in [3.8, 4) is 0 Å². The van der Waals surface area contributed by atoms with E-state index in [1.54, 1.807) is 4.90 Å². The zero-order valence-corrected chi connectivity index (χ0v) is 13.8. The van der Waals surface area contributed by atoms with E-state index in [1.807, 2.05) is 30.3 Å². The molecule has 2 aliphatic rings. The molecule has 1 aromatic carbocycles. The molecule has 23 heavy (non-hydrogen) atoms. The number of hydrogen-bond donors (Lipinski definition) is 1. The second-order valence-electron chi connectivity index (χ2n) is 6.01. The Kier molecular flexibility index (Phi) is 4.56. The zero-order valence-electron chi connectivity index (χ0n) is 13.0. The molecule has 1 aromatic rings. The third kappa shape index (κ3) is 4.01. The van der Waals surface area contributed by atoms with Crippen LogP contribution < -0.4 is 5.32 Å². The summed E-state index contributed by atoms with van der Waals surface area (Å²) in [7, 11) is -3.22. The third-order valence-corrected chi connectivity index (χ3v) is 5.33. The molecule has 8 heteroatoms. The average Bonchev–Trinajstić information content (AvgIpc) is 2.51. The molecule has 0 aromatic heterocycles. The van der Waals surface area contributed by atoms with Gasteiger partial charge in [-0.3, -0.25) is 0 Å². The van der Waals surface area contributed by atoms with Crippen LogP contribution in [-0.4, -0.2) is 68.3 Å². The van der Waals surface area contributed by atoms with Crippen LogP contribution >= 0.6 is 0 Å². The van der Waals surface area contributed by atoms with Gasteiger partial charge in [-0.15, -0.1) is 0 Å². The van der Waals surface area contributed by atoms with Gasteiger partial charge in [-0.1, -0.05) is 30.3 Å². The van der Waals surface area contributed by atoms with Crippen LogP contribution in [0.5, 0.6) is 0 Å². The van der Waals surface area contributed by atoms with E-state index in [4.69, 9.17) is 4.74 Å². The second-order valence-corrected chi connectivity index (χ2v) is 7.99. The first kappa shape index (κ1) is 16.2. The maximum atomic E-state index is 12.3. The Morgan fingerprint density at radius 2 is 1.78 bits per heavy atom. The van der Waals surface area contributed by atoms with E-state index < -0.39 is 10.0 Å². The molecule has 2 amide bonds. The van der Waals surface area contributed by atoms with Crippen LogP contribution in [0.15, 0.2) is 30.3 Å². The number of nitrogens with zero attached hydrogens (tertiary/aromatic N) is 2. The summed E-state index contributed by atoms with van der Waals surface area (Å²) < 4.78 is 30.5. The minimum atomic E-state index is -3.22. The van der Waals surface area contributed by atoms with Crippen molar-refractivity contribution >= 4 is 16.1 Å². The van der Waals surface area contributed by atoms with Gasteiger partial charge in [0.2, 0.25) is 10.0 Å². The number of rotatable bonds is 3. The summed E-state index contributed by atoms with van der Waals surface area (Å²) in [5.41, 5.74) is 1.04. The maximum Gasteiger partial charge on any atom is 0.317 e. The minimum absolute atomic E-state index is 0.139. The van der Waals surface area contributed by atoms with E-state index in [9.17, 15) is 13.2 Å². The number of benzene rings is 1. The van der Waals surface area contributed by atoms with E-state index >= 15 is 0 Å². The largest absolute Gasteiger partial charge is 0.369 e. The van der Waals surface area contributed by atoms with Gasteiger partial charge >= 0.3 is 6.03 Å².